The van der Waals surface area contributed by atoms with Crippen LogP contribution >= 0.6 is 0 Å². The summed E-state index contributed by atoms with van der Waals surface area (Å²) in [5.74, 6) is 0. The Hall–Kier alpha value is -0.551. The van der Waals surface area contributed by atoms with E-state index in [9.17, 15) is 0 Å². The van der Waals surface area contributed by atoms with Gasteiger partial charge in [0.15, 0.2) is 0 Å². The Morgan fingerprint density at radius 3 is 1.93 bits per heavy atom. The molecule has 164 valence electrons. The number of likely N-dealkylation sites (N-methyl/N-ethyl adjacent to an activating group) is 1. The average Bonchev–Trinajstić information content (AvgIpc) is 3.16. The molecule has 0 fully saturated rings. The molecular weight excluding hydrogens is 461 g/mol. The zero-order valence-corrected chi connectivity index (χ0v) is 22.7. The van der Waals surface area contributed by atoms with Crippen LogP contribution in [-0.4, -0.2) is 52.3 Å². The van der Waals surface area contributed by atoms with Gasteiger partial charge in [-0.1, -0.05) is 0 Å². The molecule has 0 N–H and O–H groups in total. The van der Waals surface area contributed by atoms with Crippen LogP contribution in [0.25, 0.3) is 5.65 Å². The summed E-state index contributed by atoms with van der Waals surface area (Å²) >= 11 is -2.36. The van der Waals surface area contributed by atoms with E-state index in [2.05, 4.69) is 68.4 Å². The molecule has 0 aromatic carbocycles. The standard InChI is InChI=1S/C13H18N3.3C4H9.Sn/c1-3-15(4-2)10-8-12-11-16-9-6-5-7-13(16)14-12;3*1-3-4-2;/h5,7,9,11H,3-4,8,10H2,1-2H3;3*1,3-4H2,2H3;. The normalized spacial score (nSPS) is 12.3. The molecule has 3 nitrogen and oxygen atoms in total. The molecule has 0 aliphatic carbocycles. The Kier molecular flexibility index (Phi) is 11.1. The summed E-state index contributed by atoms with van der Waals surface area (Å²) in [6, 6.07) is 4.79. The number of fused-ring (bicyclic) bond motifs is 1. The zero-order valence-electron chi connectivity index (χ0n) is 19.8. The molecule has 0 aliphatic heterocycles. The van der Waals surface area contributed by atoms with E-state index in [1.807, 2.05) is 0 Å². The van der Waals surface area contributed by atoms with Gasteiger partial charge in [0.25, 0.3) is 0 Å². The van der Waals surface area contributed by atoms with Crippen molar-refractivity contribution < 1.29 is 0 Å². The summed E-state index contributed by atoms with van der Waals surface area (Å²) in [6.45, 7) is 14.9. The second kappa shape index (κ2) is 13.0. The van der Waals surface area contributed by atoms with Gasteiger partial charge in [-0.05, 0) is 0 Å². The van der Waals surface area contributed by atoms with E-state index in [0.29, 0.717) is 0 Å². The topological polar surface area (TPSA) is 20.5 Å². The molecule has 2 aromatic rings. The van der Waals surface area contributed by atoms with Crippen molar-refractivity contribution in [3.63, 3.8) is 0 Å². The van der Waals surface area contributed by atoms with Gasteiger partial charge in [0.2, 0.25) is 0 Å². The molecule has 2 rings (SSSR count). The molecule has 0 bridgehead atoms. The van der Waals surface area contributed by atoms with E-state index >= 15 is 0 Å². The predicted molar refractivity (Wildman–Crippen MR) is 131 cm³/mol. The molecule has 0 saturated carbocycles. The van der Waals surface area contributed by atoms with Crippen molar-refractivity contribution in [1.29, 1.82) is 0 Å². The Balaban J connectivity index is 2.30. The van der Waals surface area contributed by atoms with Crippen LogP contribution in [-0.2, 0) is 6.42 Å². The Morgan fingerprint density at radius 2 is 1.41 bits per heavy atom. The third-order valence-corrected chi connectivity index (χ3v) is 22.3. The van der Waals surface area contributed by atoms with Crippen LogP contribution in [0.5, 0.6) is 0 Å². The summed E-state index contributed by atoms with van der Waals surface area (Å²) in [7, 11) is 0. The number of aromatic nitrogens is 2. The molecule has 29 heavy (non-hydrogen) atoms. The number of hydrogen-bond acceptors (Lipinski definition) is 2. The quantitative estimate of drug-likeness (QED) is 0.265. The minimum atomic E-state index is -2.36. The number of imidazole rings is 1. The maximum atomic E-state index is 4.92. The van der Waals surface area contributed by atoms with Crippen LogP contribution in [0.1, 0.15) is 78.8 Å². The van der Waals surface area contributed by atoms with Crippen molar-refractivity contribution in [2.75, 3.05) is 19.6 Å². The van der Waals surface area contributed by atoms with Crippen molar-refractivity contribution in [3.8, 4) is 0 Å². The molecule has 0 unspecified atom stereocenters. The van der Waals surface area contributed by atoms with Crippen LogP contribution < -0.4 is 3.58 Å². The monoisotopic (exact) mass is 507 g/mol. The van der Waals surface area contributed by atoms with Gasteiger partial charge in [0.1, 0.15) is 0 Å². The van der Waals surface area contributed by atoms with Crippen molar-refractivity contribution in [2.45, 2.75) is 92.9 Å². The van der Waals surface area contributed by atoms with E-state index in [1.54, 1.807) is 3.58 Å². The SMILES string of the molecule is CCC[CH2][Sn]([CH2]CCC)([CH2]CCC)[c]1ccc2nc(CCN(CC)CC)cn2c1. The van der Waals surface area contributed by atoms with Crippen LogP contribution in [0.15, 0.2) is 24.5 Å². The van der Waals surface area contributed by atoms with E-state index in [0.717, 1.165) is 31.7 Å². The van der Waals surface area contributed by atoms with Crippen LogP contribution in [0.2, 0.25) is 13.3 Å². The van der Waals surface area contributed by atoms with Gasteiger partial charge in [0, 0.05) is 0 Å². The van der Waals surface area contributed by atoms with Gasteiger partial charge in [-0.25, -0.2) is 0 Å². The van der Waals surface area contributed by atoms with E-state index < -0.39 is 18.4 Å². The maximum absolute atomic E-state index is 4.92. The van der Waals surface area contributed by atoms with Gasteiger partial charge < -0.3 is 0 Å². The number of unbranched alkanes of at least 4 members (excludes halogenated alkanes) is 3. The van der Waals surface area contributed by atoms with Crippen molar-refractivity contribution in [3.05, 3.63) is 30.2 Å². The summed E-state index contributed by atoms with van der Waals surface area (Å²) in [5, 5.41) is 0. The molecule has 0 radical (unpaired) electrons. The van der Waals surface area contributed by atoms with Gasteiger partial charge in [-0.2, -0.15) is 0 Å². The molecular formula is C25H45N3Sn. The number of hydrogen-bond donors (Lipinski definition) is 0. The minimum absolute atomic E-state index is 1.05. The van der Waals surface area contributed by atoms with Crippen molar-refractivity contribution in [1.82, 2.24) is 14.3 Å². The second-order valence-corrected chi connectivity index (χ2v) is 22.0. The Morgan fingerprint density at radius 1 is 0.828 bits per heavy atom. The van der Waals surface area contributed by atoms with Gasteiger partial charge in [0.05, 0.1) is 0 Å². The fraction of sp³-hybridized carbons (Fsp3) is 0.720. The fourth-order valence-corrected chi connectivity index (χ4v) is 20.5. The number of nitrogens with zero attached hydrogens (tertiary/aromatic N) is 3. The number of pyridine rings is 1. The summed E-state index contributed by atoms with van der Waals surface area (Å²) < 4.78 is 8.68. The zero-order chi connectivity index (χ0) is 21.1. The van der Waals surface area contributed by atoms with Gasteiger partial charge in [-0.3, -0.25) is 0 Å². The summed E-state index contributed by atoms with van der Waals surface area (Å²) in [6.07, 6.45) is 14.1. The first-order valence-corrected chi connectivity index (χ1v) is 19.8. The summed E-state index contributed by atoms with van der Waals surface area (Å²) in [5.41, 5.74) is 2.37. The third kappa shape index (κ3) is 6.98. The predicted octanol–water partition coefficient (Wildman–Crippen LogP) is 6.27. The first kappa shape index (κ1) is 24.7. The van der Waals surface area contributed by atoms with E-state index in [4.69, 9.17) is 4.98 Å². The number of rotatable bonds is 15. The Bertz CT molecular complexity index is 683. The van der Waals surface area contributed by atoms with Crippen LogP contribution in [0.4, 0.5) is 0 Å². The summed E-state index contributed by atoms with van der Waals surface area (Å²) in [4.78, 5) is 7.41. The molecule has 0 spiro atoms. The van der Waals surface area contributed by atoms with Crippen LogP contribution in [0, 0.1) is 0 Å². The first-order valence-electron chi connectivity index (χ1n) is 12.3. The molecule has 2 heterocycles. The second-order valence-electron chi connectivity index (χ2n) is 8.78. The molecule has 0 aliphatic rings. The molecule has 4 heteroatoms. The van der Waals surface area contributed by atoms with Crippen molar-refractivity contribution >= 4 is 27.6 Å². The third-order valence-electron chi connectivity index (χ3n) is 6.72. The van der Waals surface area contributed by atoms with E-state index in [1.165, 1.54) is 57.5 Å². The first-order chi connectivity index (χ1) is 14.1. The van der Waals surface area contributed by atoms with Gasteiger partial charge >= 0.3 is 185 Å². The molecule has 0 saturated heterocycles. The van der Waals surface area contributed by atoms with Crippen molar-refractivity contribution in [2.24, 2.45) is 0 Å². The van der Waals surface area contributed by atoms with E-state index in [-0.39, 0.29) is 0 Å². The fourth-order valence-electron chi connectivity index (χ4n) is 4.64. The van der Waals surface area contributed by atoms with Gasteiger partial charge in [-0.15, -0.1) is 0 Å². The average molecular weight is 506 g/mol. The van der Waals surface area contributed by atoms with Crippen LogP contribution in [0.3, 0.4) is 0 Å². The molecule has 2 aromatic heterocycles. The molecule has 0 amide bonds. The Labute approximate surface area is 184 Å². The molecule has 0 atom stereocenters.